The van der Waals surface area contributed by atoms with Crippen LogP contribution in [0.25, 0.3) is 0 Å². The van der Waals surface area contributed by atoms with Crippen molar-refractivity contribution >= 4 is 35.0 Å². The molecule has 2 rings (SSSR count). The number of hydrogen-bond donors (Lipinski definition) is 2. The standard InChI is InChI=1S/C15H14ClF4N3O3/c16-9-6-8(3-4-10(9)17)22-12(24)7-21-13(25)11-2-1-5-23(11)14(26)15(18,19)20/h3-4,6,11H,1-2,5,7H2,(H,21,25)(H,22,24). The van der Waals surface area contributed by atoms with Crippen LogP contribution in [0.3, 0.4) is 0 Å². The zero-order valence-corrected chi connectivity index (χ0v) is 14.0. The smallest absolute Gasteiger partial charge is 0.345 e. The molecule has 0 radical (unpaired) electrons. The number of nitrogens with zero attached hydrogens (tertiary/aromatic N) is 1. The first-order valence-electron chi connectivity index (χ1n) is 7.50. The Hall–Kier alpha value is -2.36. The molecule has 1 heterocycles. The van der Waals surface area contributed by atoms with E-state index in [0.29, 0.717) is 4.90 Å². The third-order valence-electron chi connectivity index (χ3n) is 3.69. The van der Waals surface area contributed by atoms with E-state index < -0.39 is 42.3 Å². The van der Waals surface area contributed by atoms with Crippen molar-refractivity contribution in [2.75, 3.05) is 18.4 Å². The van der Waals surface area contributed by atoms with E-state index in [9.17, 15) is 31.9 Å². The minimum Gasteiger partial charge on any atom is -0.345 e. The van der Waals surface area contributed by atoms with Gasteiger partial charge in [0.1, 0.15) is 11.9 Å². The lowest BCUT2D eigenvalue weighted by Gasteiger charge is -2.24. The molecule has 2 N–H and O–H groups in total. The van der Waals surface area contributed by atoms with Gasteiger partial charge < -0.3 is 15.5 Å². The van der Waals surface area contributed by atoms with Gasteiger partial charge in [0.15, 0.2) is 0 Å². The molecule has 1 aromatic carbocycles. The summed E-state index contributed by atoms with van der Waals surface area (Å²) in [4.78, 5) is 35.6. The molecule has 1 atom stereocenters. The monoisotopic (exact) mass is 395 g/mol. The third kappa shape index (κ3) is 4.84. The first-order valence-corrected chi connectivity index (χ1v) is 7.88. The number of alkyl halides is 3. The normalized spacial score (nSPS) is 17.1. The highest BCUT2D eigenvalue weighted by atomic mass is 35.5. The van der Waals surface area contributed by atoms with Crippen LogP contribution in [0.4, 0.5) is 23.2 Å². The Labute approximate surface area is 150 Å². The average molecular weight is 396 g/mol. The summed E-state index contributed by atoms with van der Waals surface area (Å²) in [5.74, 6) is -4.30. The van der Waals surface area contributed by atoms with Crippen molar-refractivity contribution in [1.82, 2.24) is 10.2 Å². The molecule has 0 aromatic heterocycles. The summed E-state index contributed by atoms with van der Waals surface area (Å²) in [5.41, 5.74) is 0.186. The van der Waals surface area contributed by atoms with Crippen LogP contribution >= 0.6 is 11.6 Å². The number of halogens is 5. The second kappa shape index (κ2) is 7.90. The van der Waals surface area contributed by atoms with Gasteiger partial charge in [-0.3, -0.25) is 14.4 Å². The fourth-order valence-electron chi connectivity index (χ4n) is 2.51. The van der Waals surface area contributed by atoms with Crippen LogP contribution in [0.5, 0.6) is 0 Å². The molecule has 0 spiro atoms. The Morgan fingerprint density at radius 3 is 2.58 bits per heavy atom. The van der Waals surface area contributed by atoms with Gasteiger partial charge in [0.25, 0.3) is 0 Å². The number of rotatable bonds is 4. The maximum Gasteiger partial charge on any atom is 0.471 e. The highest BCUT2D eigenvalue weighted by molar-refractivity contribution is 6.31. The van der Waals surface area contributed by atoms with Gasteiger partial charge in [-0.2, -0.15) is 13.2 Å². The number of amides is 3. The van der Waals surface area contributed by atoms with Crippen molar-refractivity contribution in [3.05, 3.63) is 29.0 Å². The lowest BCUT2D eigenvalue weighted by molar-refractivity contribution is -0.186. The molecule has 1 aliphatic rings. The van der Waals surface area contributed by atoms with E-state index in [4.69, 9.17) is 11.6 Å². The Kier molecular flexibility index (Phi) is 6.06. The van der Waals surface area contributed by atoms with E-state index in [0.717, 1.165) is 12.1 Å². The minimum atomic E-state index is -5.07. The molecule has 1 unspecified atom stereocenters. The molecule has 1 saturated heterocycles. The molecular weight excluding hydrogens is 382 g/mol. The van der Waals surface area contributed by atoms with Crippen LogP contribution in [0, 0.1) is 5.82 Å². The summed E-state index contributed by atoms with van der Waals surface area (Å²) < 4.78 is 50.6. The average Bonchev–Trinajstić information content (AvgIpc) is 3.04. The molecule has 1 aromatic rings. The maximum absolute atomic E-state index is 13.0. The number of carbonyl (C=O) groups is 3. The molecule has 1 fully saturated rings. The van der Waals surface area contributed by atoms with Gasteiger partial charge in [0.05, 0.1) is 11.6 Å². The van der Waals surface area contributed by atoms with Crippen LogP contribution in [0.2, 0.25) is 5.02 Å². The molecule has 3 amide bonds. The predicted octanol–water partition coefficient (Wildman–Crippen LogP) is 2.09. The largest absolute Gasteiger partial charge is 0.471 e. The van der Waals surface area contributed by atoms with Crippen molar-refractivity contribution in [2.45, 2.75) is 25.1 Å². The zero-order valence-electron chi connectivity index (χ0n) is 13.2. The van der Waals surface area contributed by atoms with E-state index in [1.165, 1.54) is 6.07 Å². The first-order chi connectivity index (χ1) is 12.1. The number of carbonyl (C=O) groups excluding carboxylic acids is 3. The summed E-state index contributed by atoms with van der Waals surface area (Å²) in [6.07, 6.45) is -4.74. The summed E-state index contributed by atoms with van der Waals surface area (Å²) in [6, 6.07) is 2.17. The summed E-state index contributed by atoms with van der Waals surface area (Å²) in [7, 11) is 0. The lowest BCUT2D eigenvalue weighted by atomic mass is 10.2. The number of hydrogen-bond acceptors (Lipinski definition) is 3. The van der Waals surface area contributed by atoms with Gasteiger partial charge in [-0.25, -0.2) is 4.39 Å². The second-order valence-electron chi connectivity index (χ2n) is 5.55. The van der Waals surface area contributed by atoms with Gasteiger partial charge in [-0.05, 0) is 31.0 Å². The second-order valence-corrected chi connectivity index (χ2v) is 5.96. The fraction of sp³-hybridized carbons (Fsp3) is 0.400. The Balaban J connectivity index is 1.90. The van der Waals surface area contributed by atoms with E-state index in [1.807, 2.05) is 0 Å². The first kappa shape index (κ1) is 20.0. The maximum atomic E-state index is 13.0. The SMILES string of the molecule is O=C(CNC(=O)C1CCCN1C(=O)C(F)(F)F)Nc1ccc(F)c(Cl)c1. The van der Waals surface area contributed by atoms with E-state index in [-0.39, 0.29) is 30.1 Å². The van der Waals surface area contributed by atoms with Crippen molar-refractivity contribution in [1.29, 1.82) is 0 Å². The lowest BCUT2D eigenvalue weighted by Crippen LogP contribution is -2.51. The Morgan fingerprint density at radius 2 is 1.96 bits per heavy atom. The Bertz CT molecular complexity index is 727. The van der Waals surface area contributed by atoms with Crippen molar-refractivity contribution in [3.63, 3.8) is 0 Å². The molecule has 142 valence electrons. The van der Waals surface area contributed by atoms with E-state index >= 15 is 0 Å². The molecule has 0 saturated carbocycles. The summed E-state index contributed by atoms with van der Waals surface area (Å²) in [6.45, 7) is -0.713. The number of nitrogens with one attached hydrogen (secondary N) is 2. The van der Waals surface area contributed by atoms with Crippen LogP contribution in [-0.4, -0.2) is 47.9 Å². The van der Waals surface area contributed by atoms with Crippen LogP contribution in [0.15, 0.2) is 18.2 Å². The fourth-order valence-corrected chi connectivity index (χ4v) is 2.69. The van der Waals surface area contributed by atoms with Gasteiger partial charge in [-0.15, -0.1) is 0 Å². The molecule has 11 heteroatoms. The summed E-state index contributed by atoms with van der Waals surface area (Å²) >= 11 is 5.57. The van der Waals surface area contributed by atoms with Crippen molar-refractivity contribution < 1.29 is 31.9 Å². The van der Waals surface area contributed by atoms with Gasteiger partial charge in [0, 0.05) is 12.2 Å². The minimum absolute atomic E-state index is 0.0723. The van der Waals surface area contributed by atoms with E-state index in [2.05, 4.69) is 10.6 Å². The quantitative estimate of drug-likeness (QED) is 0.766. The summed E-state index contributed by atoms with van der Waals surface area (Å²) in [5, 5.41) is 4.33. The Morgan fingerprint density at radius 1 is 1.27 bits per heavy atom. The van der Waals surface area contributed by atoms with Gasteiger partial charge >= 0.3 is 12.1 Å². The van der Waals surface area contributed by atoms with Crippen LogP contribution < -0.4 is 10.6 Å². The van der Waals surface area contributed by atoms with Gasteiger partial charge in [0.2, 0.25) is 11.8 Å². The number of benzene rings is 1. The van der Waals surface area contributed by atoms with Crippen LogP contribution in [-0.2, 0) is 14.4 Å². The zero-order chi connectivity index (χ0) is 19.5. The molecule has 6 nitrogen and oxygen atoms in total. The van der Waals surface area contributed by atoms with Gasteiger partial charge in [-0.1, -0.05) is 11.6 Å². The van der Waals surface area contributed by atoms with Crippen LogP contribution in [0.1, 0.15) is 12.8 Å². The topological polar surface area (TPSA) is 78.5 Å². The molecule has 26 heavy (non-hydrogen) atoms. The van der Waals surface area contributed by atoms with Crippen molar-refractivity contribution in [3.8, 4) is 0 Å². The number of likely N-dealkylation sites (tertiary alicyclic amines) is 1. The third-order valence-corrected chi connectivity index (χ3v) is 3.97. The molecule has 0 bridgehead atoms. The highest BCUT2D eigenvalue weighted by Crippen LogP contribution is 2.25. The predicted molar refractivity (Wildman–Crippen MR) is 83.8 cm³/mol. The molecule has 0 aliphatic carbocycles. The molecular formula is C15H14ClF4N3O3. The molecule has 1 aliphatic heterocycles. The highest BCUT2D eigenvalue weighted by Gasteiger charge is 2.47. The number of anilines is 1. The van der Waals surface area contributed by atoms with Crippen molar-refractivity contribution in [2.24, 2.45) is 0 Å². The van der Waals surface area contributed by atoms with E-state index in [1.54, 1.807) is 0 Å².